The second kappa shape index (κ2) is 6.68. The summed E-state index contributed by atoms with van der Waals surface area (Å²) in [5.74, 6) is 0.328. The van der Waals surface area contributed by atoms with Crippen molar-refractivity contribution in [3.8, 4) is 16.9 Å². The van der Waals surface area contributed by atoms with Crippen LogP contribution in [-0.2, 0) is 21.7 Å². The average molecular weight is 255 g/mol. The van der Waals surface area contributed by atoms with E-state index in [9.17, 15) is 5.11 Å². The summed E-state index contributed by atoms with van der Waals surface area (Å²) in [6.45, 7) is 0. The Morgan fingerprint density at radius 1 is 0.733 bits per heavy atom. The predicted octanol–water partition coefficient (Wildman–Crippen LogP) is 3.48. The van der Waals surface area contributed by atoms with Gasteiger partial charge >= 0.3 is 0 Å². The van der Waals surface area contributed by atoms with Crippen LogP contribution in [0.2, 0.25) is 0 Å². The van der Waals surface area contributed by atoms with E-state index in [2.05, 4.69) is 0 Å². The van der Waals surface area contributed by atoms with Crippen molar-refractivity contribution in [3.63, 3.8) is 0 Å². The largest absolute Gasteiger partial charge is 0.507 e. The van der Waals surface area contributed by atoms with Crippen LogP contribution in [0.3, 0.4) is 0 Å². The fourth-order valence-corrected chi connectivity index (χ4v) is 1.34. The molecule has 0 saturated heterocycles. The third kappa shape index (κ3) is 3.38. The van der Waals surface area contributed by atoms with Gasteiger partial charge in [-0.1, -0.05) is 48.5 Å². The quantitative estimate of drug-likeness (QED) is 0.773. The SMILES string of the molecule is Cl.Oc1ccccc1-c1ccccc1.[Ti]. The molecule has 0 aromatic heterocycles. The zero-order valence-corrected chi connectivity index (χ0v) is 10.4. The standard InChI is InChI=1S/C12H10O.ClH.Ti/c13-12-9-5-4-8-11(12)10-6-2-1-3-7-10;;/h1-9,13H;1H;. The maximum Gasteiger partial charge on any atom is 0.123 e. The Bertz CT molecular complexity index is 403. The number of aromatic hydroxyl groups is 1. The topological polar surface area (TPSA) is 20.2 Å². The van der Waals surface area contributed by atoms with Crippen molar-refractivity contribution in [2.45, 2.75) is 0 Å². The van der Waals surface area contributed by atoms with Crippen LogP contribution >= 0.6 is 12.4 Å². The van der Waals surface area contributed by atoms with Crippen LogP contribution in [0, 0.1) is 0 Å². The maximum absolute atomic E-state index is 9.56. The van der Waals surface area contributed by atoms with Crippen LogP contribution in [-0.4, -0.2) is 5.11 Å². The van der Waals surface area contributed by atoms with Crippen molar-refractivity contribution in [2.24, 2.45) is 0 Å². The van der Waals surface area contributed by atoms with E-state index < -0.39 is 0 Å². The molecule has 1 nitrogen and oxygen atoms in total. The molecule has 0 radical (unpaired) electrons. The van der Waals surface area contributed by atoms with Gasteiger partial charge in [0.1, 0.15) is 5.75 Å². The van der Waals surface area contributed by atoms with Gasteiger partial charge < -0.3 is 5.11 Å². The van der Waals surface area contributed by atoms with Gasteiger partial charge in [0, 0.05) is 27.3 Å². The van der Waals surface area contributed by atoms with Crippen LogP contribution in [0.1, 0.15) is 0 Å². The summed E-state index contributed by atoms with van der Waals surface area (Å²) in [6, 6.07) is 17.2. The first-order valence-electron chi connectivity index (χ1n) is 4.21. The van der Waals surface area contributed by atoms with Crippen molar-refractivity contribution in [2.75, 3.05) is 0 Å². The number of phenols is 1. The van der Waals surface area contributed by atoms with E-state index in [4.69, 9.17) is 0 Å². The van der Waals surface area contributed by atoms with Crippen LogP contribution in [0.4, 0.5) is 0 Å². The Hall–Kier alpha value is -0.756. The molecule has 0 aliphatic carbocycles. The molecular weight excluding hydrogens is 243 g/mol. The predicted molar refractivity (Wildman–Crippen MR) is 60.8 cm³/mol. The first-order valence-corrected chi connectivity index (χ1v) is 4.21. The van der Waals surface area contributed by atoms with Gasteiger partial charge in [-0.05, 0) is 11.6 Å². The Labute approximate surface area is 110 Å². The molecule has 2 rings (SSSR count). The Morgan fingerprint density at radius 2 is 1.27 bits per heavy atom. The van der Waals surface area contributed by atoms with Crippen molar-refractivity contribution in [3.05, 3.63) is 54.6 Å². The monoisotopic (exact) mass is 254 g/mol. The molecule has 0 atom stereocenters. The number of phenolic OH excluding ortho intramolecular Hbond substituents is 1. The van der Waals surface area contributed by atoms with Gasteiger partial charge in [-0.15, -0.1) is 12.4 Å². The normalized spacial score (nSPS) is 8.53. The molecule has 0 bridgehead atoms. The van der Waals surface area contributed by atoms with Gasteiger partial charge in [0.2, 0.25) is 0 Å². The molecule has 15 heavy (non-hydrogen) atoms. The van der Waals surface area contributed by atoms with E-state index in [0.29, 0.717) is 5.75 Å². The van der Waals surface area contributed by atoms with Crippen molar-refractivity contribution >= 4 is 12.4 Å². The average Bonchev–Trinajstić information content (AvgIpc) is 2.20. The summed E-state index contributed by atoms with van der Waals surface area (Å²) < 4.78 is 0. The summed E-state index contributed by atoms with van der Waals surface area (Å²) >= 11 is 0. The fraction of sp³-hybridized carbons (Fsp3) is 0. The molecule has 0 spiro atoms. The van der Waals surface area contributed by atoms with E-state index in [0.717, 1.165) is 11.1 Å². The molecule has 0 unspecified atom stereocenters. The van der Waals surface area contributed by atoms with Gasteiger partial charge in [0.05, 0.1) is 0 Å². The van der Waals surface area contributed by atoms with E-state index in [-0.39, 0.29) is 34.1 Å². The van der Waals surface area contributed by atoms with E-state index in [1.54, 1.807) is 6.07 Å². The summed E-state index contributed by atoms with van der Waals surface area (Å²) in [6.07, 6.45) is 0. The molecular formula is C12H11ClOTi. The van der Waals surface area contributed by atoms with Gasteiger partial charge in [0.15, 0.2) is 0 Å². The summed E-state index contributed by atoms with van der Waals surface area (Å²) in [4.78, 5) is 0. The van der Waals surface area contributed by atoms with E-state index in [1.165, 1.54) is 0 Å². The zero-order chi connectivity index (χ0) is 9.10. The minimum atomic E-state index is 0. The van der Waals surface area contributed by atoms with Gasteiger partial charge in [0.25, 0.3) is 0 Å². The summed E-state index contributed by atoms with van der Waals surface area (Å²) in [5, 5.41) is 9.56. The molecule has 2 aromatic rings. The van der Waals surface area contributed by atoms with Crippen molar-refractivity contribution in [1.82, 2.24) is 0 Å². The van der Waals surface area contributed by atoms with Crippen molar-refractivity contribution < 1.29 is 26.8 Å². The summed E-state index contributed by atoms with van der Waals surface area (Å²) in [7, 11) is 0. The van der Waals surface area contributed by atoms with Crippen LogP contribution in [0.5, 0.6) is 5.75 Å². The van der Waals surface area contributed by atoms with Gasteiger partial charge in [-0.25, -0.2) is 0 Å². The maximum atomic E-state index is 9.56. The first kappa shape index (κ1) is 14.2. The molecule has 76 valence electrons. The van der Waals surface area contributed by atoms with Crippen LogP contribution in [0.25, 0.3) is 11.1 Å². The van der Waals surface area contributed by atoms with Gasteiger partial charge in [-0.2, -0.15) is 0 Å². The molecule has 0 fully saturated rings. The second-order valence-corrected chi connectivity index (χ2v) is 2.88. The zero-order valence-electron chi connectivity index (χ0n) is 8.05. The summed E-state index contributed by atoms with van der Waals surface area (Å²) in [5.41, 5.74) is 1.92. The Morgan fingerprint density at radius 3 is 1.87 bits per heavy atom. The molecule has 0 aliphatic rings. The third-order valence-corrected chi connectivity index (χ3v) is 1.99. The molecule has 0 amide bonds. The number of halogens is 1. The number of para-hydroxylation sites is 1. The minimum absolute atomic E-state index is 0. The van der Waals surface area contributed by atoms with Crippen LogP contribution < -0.4 is 0 Å². The number of hydrogen-bond acceptors (Lipinski definition) is 1. The second-order valence-electron chi connectivity index (χ2n) is 2.88. The molecule has 0 saturated carbocycles. The number of hydrogen-bond donors (Lipinski definition) is 1. The molecule has 1 N–H and O–H groups in total. The van der Waals surface area contributed by atoms with Crippen LogP contribution in [0.15, 0.2) is 54.6 Å². The molecule has 2 aromatic carbocycles. The minimum Gasteiger partial charge on any atom is -0.507 e. The van der Waals surface area contributed by atoms with E-state index in [1.807, 2.05) is 48.5 Å². The molecule has 0 heterocycles. The molecule has 3 heteroatoms. The smallest absolute Gasteiger partial charge is 0.123 e. The third-order valence-electron chi connectivity index (χ3n) is 1.99. The Balaban J connectivity index is 0.000000980. The molecule has 0 aliphatic heterocycles. The Kier molecular flexibility index (Phi) is 6.34. The van der Waals surface area contributed by atoms with Gasteiger partial charge in [-0.3, -0.25) is 0 Å². The first-order chi connectivity index (χ1) is 6.38. The fourth-order valence-electron chi connectivity index (χ4n) is 1.34. The number of benzene rings is 2. The van der Waals surface area contributed by atoms with E-state index >= 15 is 0 Å². The number of rotatable bonds is 1. The van der Waals surface area contributed by atoms with Crippen molar-refractivity contribution in [1.29, 1.82) is 0 Å².